The standard InChI is InChI=1S/C11H19N3/c1-3-8(2)10(12)6-9-4-5-14-11(13)7-9/h4-5,7-8,10H,3,6,12H2,1-2H3,(H2,13,14). The molecule has 2 unspecified atom stereocenters. The fourth-order valence-corrected chi connectivity index (χ4v) is 1.40. The summed E-state index contributed by atoms with van der Waals surface area (Å²) in [4.78, 5) is 3.95. The molecule has 1 rings (SSSR count). The molecule has 0 saturated carbocycles. The monoisotopic (exact) mass is 193 g/mol. The van der Waals surface area contributed by atoms with Crippen molar-refractivity contribution in [2.75, 3.05) is 5.73 Å². The predicted molar refractivity (Wildman–Crippen MR) is 59.8 cm³/mol. The number of nitrogens with zero attached hydrogens (tertiary/aromatic N) is 1. The molecule has 0 bridgehead atoms. The molecule has 1 heterocycles. The quantitative estimate of drug-likeness (QED) is 0.763. The Bertz CT molecular complexity index is 286. The molecule has 3 heteroatoms. The largest absolute Gasteiger partial charge is 0.384 e. The summed E-state index contributed by atoms with van der Waals surface area (Å²) >= 11 is 0. The van der Waals surface area contributed by atoms with Crippen LogP contribution in [0.1, 0.15) is 25.8 Å². The first kappa shape index (κ1) is 11.0. The van der Waals surface area contributed by atoms with Crippen LogP contribution in [0.5, 0.6) is 0 Å². The van der Waals surface area contributed by atoms with Crippen molar-refractivity contribution in [3.63, 3.8) is 0 Å². The number of aromatic nitrogens is 1. The summed E-state index contributed by atoms with van der Waals surface area (Å²) < 4.78 is 0. The normalized spacial score (nSPS) is 15.1. The number of rotatable bonds is 4. The maximum Gasteiger partial charge on any atom is 0.123 e. The Morgan fingerprint density at radius 3 is 2.79 bits per heavy atom. The number of hydrogen-bond acceptors (Lipinski definition) is 3. The maximum atomic E-state index is 6.05. The fourth-order valence-electron chi connectivity index (χ4n) is 1.40. The molecule has 1 aromatic rings. The molecular formula is C11H19N3. The SMILES string of the molecule is CCC(C)C(N)Cc1ccnc(N)c1. The first-order chi connectivity index (χ1) is 6.63. The molecule has 0 radical (unpaired) electrons. The third-order valence-electron chi connectivity index (χ3n) is 2.69. The summed E-state index contributed by atoms with van der Waals surface area (Å²) in [5, 5.41) is 0. The Labute approximate surface area is 85.5 Å². The Morgan fingerprint density at radius 1 is 1.50 bits per heavy atom. The second kappa shape index (κ2) is 4.96. The topological polar surface area (TPSA) is 64.9 Å². The second-order valence-electron chi connectivity index (χ2n) is 3.84. The van der Waals surface area contributed by atoms with E-state index in [4.69, 9.17) is 11.5 Å². The van der Waals surface area contributed by atoms with Gasteiger partial charge in [0.1, 0.15) is 5.82 Å². The van der Waals surface area contributed by atoms with Crippen LogP contribution in [0.2, 0.25) is 0 Å². The van der Waals surface area contributed by atoms with Gasteiger partial charge >= 0.3 is 0 Å². The van der Waals surface area contributed by atoms with Crippen LogP contribution in [0.25, 0.3) is 0 Å². The number of anilines is 1. The van der Waals surface area contributed by atoms with Crippen molar-refractivity contribution in [1.29, 1.82) is 0 Å². The lowest BCUT2D eigenvalue weighted by Gasteiger charge is -2.18. The number of pyridine rings is 1. The zero-order valence-electron chi connectivity index (χ0n) is 8.90. The Balaban J connectivity index is 2.60. The highest BCUT2D eigenvalue weighted by Gasteiger charge is 2.11. The van der Waals surface area contributed by atoms with Gasteiger partial charge in [-0.2, -0.15) is 0 Å². The lowest BCUT2D eigenvalue weighted by molar-refractivity contribution is 0.440. The molecule has 78 valence electrons. The second-order valence-corrected chi connectivity index (χ2v) is 3.84. The van der Waals surface area contributed by atoms with Gasteiger partial charge in [-0.1, -0.05) is 20.3 Å². The van der Waals surface area contributed by atoms with E-state index in [2.05, 4.69) is 18.8 Å². The molecule has 0 aliphatic carbocycles. The van der Waals surface area contributed by atoms with Gasteiger partial charge in [-0.3, -0.25) is 0 Å². The van der Waals surface area contributed by atoms with E-state index in [0.717, 1.165) is 12.8 Å². The van der Waals surface area contributed by atoms with Gasteiger partial charge in [-0.15, -0.1) is 0 Å². The van der Waals surface area contributed by atoms with Gasteiger partial charge in [0.25, 0.3) is 0 Å². The minimum Gasteiger partial charge on any atom is -0.384 e. The van der Waals surface area contributed by atoms with Gasteiger partial charge in [0, 0.05) is 12.2 Å². The highest BCUT2D eigenvalue weighted by Crippen LogP contribution is 2.12. The van der Waals surface area contributed by atoms with Crippen molar-refractivity contribution in [1.82, 2.24) is 4.98 Å². The molecule has 0 aliphatic rings. The van der Waals surface area contributed by atoms with E-state index in [-0.39, 0.29) is 6.04 Å². The number of nitrogen functional groups attached to an aromatic ring is 1. The van der Waals surface area contributed by atoms with E-state index in [0.29, 0.717) is 11.7 Å². The third-order valence-corrected chi connectivity index (χ3v) is 2.69. The third kappa shape index (κ3) is 3.00. The molecule has 0 saturated heterocycles. The van der Waals surface area contributed by atoms with Crippen molar-refractivity contribution in [3.8, 4) is 0 Å². The molecule has 0 aliphatic heterocycles. The molecular weight excluding hydrogens is 174 g/mol. The van der Waals surface area contributed by atoms with Gasteiger partial charge < -0.3 is 11.5 Å². The molecule has 1 aromatic heterocycles. The van der Waals surface area contributed by atoms with E-state index in [1.54, 1.807) is 6.20 Å². The minimum absolute atomic E-state index is 0.210. The van der Waals surface area contributed by atoms with Gasteiger partial charge in [0.15, 0.2) is 0 Å². The van der Waals surface area contributed by atoms with Crippen LogP contribution in [0.4, 0.5) is 5.82 Å². The van der Waals surface area contributed by atoms with Crippen LogP contribution in [0, 0.1) is 5.92 Å². The average Bonchev–Trinajstić information content (AvgIpc) is 2.16. The summed E-state index contributed by atoms with van der Waals surface area (Å²) in [7, 11) is 0. The van der Waals surface area contributed by atoms with Crippen LogP contribution < -0.4 is 11.5 Å². The van der Waals surface area contributed by atoms with Crippen molar-refractivity contribution in [3.05, 3.63) is 23.9 Å². The van der Waals surface area contributed by atoms with Gasteiger partial charge in [-0.25, -0.2) is 4.98 Å². The molecule has 14 heavy (non-hydrogen) atoms. The molecule has 3 nitrogen and oxygen atoms in total. The molecule has 2 atom stereocenters. The first-order valence-electron chi connectivity index (χ1n) is 5.09. The zero-order chi connectivity index (χ0) is 10.6. The Morgan fingerprint density at radius 2 is 2.21 bits per heavy atom. The van der Waals surface area contributed by atoms with Crippen molar-refractivity contribution < 1.29 is 0 Å². The maximum absolute atomic E-state index is 6.05. The van der Waals surface area contributed by atoms with Gasteiger partial charge in [0.05, 0.1) is 0 Å². The lowest BCUT2D eigenvalue weighted by atomic mass is 9.94. The van der Waals surface area contributed by atoms with Crippen LogP contribution in [-0.2, 0) is 6.42 Å². The Hall–Kier alpha value is -1.09. The number of nitrogens with two attached hydrogens (primary N) is 2. The summed E-state index contributed by atoms with van der Waals surface area (Å²) in [6, 6.07) is 4.07. The lowest BCUT2D eigenvalue weighted by Crippen LogP contribution is -2.30. The average molecular weight is 193 g/mol. The van der Waals surface area contributed by atoms with Crippen LogP contribution >= 0.6 is 0 Å². The summed E-state index contributed by atoms with van der Waals surface area (Å²) in [6.07, 6.45) is 3.72. The van der Waals surface area contributed by atoms with Crippen LogP contribution in [0.3, 0.4) is 0 Å². The molecule has 4 N–H and O–H groups in total. The molecule has 0 aromatic carbocycles. The summed E-state index contributed by atoms with van der Waals surface area (Å²) in [5.41, 5.74) is 12.8. The Kier molecular flexibility index (Phi) is 3.89. The molecule has 0 spiro atoms. The van der Waals surface area contributed by atoms with Gasteiger partial charge in [0.2, 0.25) is 0 Å². The van der Waals surface area contributed by atoms with E-state index in [1.807, 2.05) is 12.1 Å². The summed E-state index contributed by atoms with van der Waals surface area (Å²) in [5.74, 6) is 1.11. The van der Waals surface area contributed by atoms with Crippen molar-refractivity contribution in [2.24, 2.45) is 11.7 Å². The highest BCUT2D eigenvalue weighted by molar-refractivity contribution is 5.32. The van der Waals surface area contributed by atoms with E-state index < -0.39 is 0 Å². The van der Waals surface area contributed by atoms with E-state index in [9.17, 15) is 0 Å². The van der Waals surface area contributed by atoms with Gasteiger partial charge in [-0.05, 0) is 30.0 Å². The van der Waals surface area contributed by atoms with E-state index in [1.165, 1.54) is 5.56 Å². The van der Waals surface area contributed by atoms with Crippen LogP contribution in [0.15, 0.2) is 18.3 Å². The first-order valence-corrected chi connectivity index (χ1v) is 5.09. The molecule has 0 fully saturated rings. The zero-order valence-corrected chi connectivity index (χ0v) is 8.90. The van der Waals surface area contributed by atoms with E-state index >= 15 is 0 Å². The summed E-state index contributed by atoms with van der Waals surface area (Å²) in [6.45, 7) is 4.33. The highest BCUT2D eigenvalue weighted by atomic mass is 14.8. The predicted octanol–water partition coefficient (Wildman–Crippen LogP) is 1.58. The fraction of sp³-hybridized carbons (Fsp3) is 0.545. The van der Waals surface area contributed by atoms with Crippen molar-refractivity contribution in [2.45, 2.75) is 32.7 Å². The van der Waals surface area contributed by atoms with Crippen molar-refractivity contribution >= 4 is 5.82 Å². The number of hydrogen-bond donors (Lipinski definition) is 2. The smallest absolute Gasteiger partial charge is 0.123 e. The molecule has 0 amide bonds. The van der Waals surface area contributed by atoms with Crippen LogP contribution in [-0.4, -0.2) is 11.0 Å². The minimum atomic E-state index is 0.210.